The lowest BCUT2D eigenvalue weighted by Crippen LogP contribution is -2.30. The van der Waals surface area contributed by atoms with Crippen molar-refractivity contribution in [3.63, 3.8) is 0 Å². The van der Waals surface area contributed by atoms with Crippen LogP contribution < -0.4 is 0 Å². The summed E-state index contributed by atoms with van der Waals surface area (Å²) in [4.78, 5) is 72.7. The van der Waals surface area contributed by atoms with Crippen molar-refractivity contribution in [1.82, 2.24) is 0 Å². The van der Waals surface area contributed by atoms with Gasteiger partial charge in [-0.3, -0.25) is 37.3 Å². The molecule has 0 heterocycles. The van der Waals surface area contributed by atoms with Crippen molar-refractivity contribution in [3.05, 3.63) is 0 Å². The molecule has 0 saturated heterocycles. The Bertz CT molecular complexity index is 1800. The third kappa shape index (κ3) is 68.4. The molecule has 17 nitrogen and oxygen atoms in total. The minimum atomic E-state index is -4.95. The molecule has 0 aliphatic carbocycles. The molecular weight excluding hydrogens is 1220 g/mol. The van der Waals surface area contributed by atoms with Crippen LogP contribution in [-0.2, 0) is 65.4 Å². The van der Waals surface area contributed by atoms with Crippen molar-refractivity contribution >= 4 is 39.5 Å². The number of esters is 4. The molecule has 19 heteroatoms. The van der Waals surface area contributed by atoms with Gasteiger partial charge in [-0.05, 0) is 37.5 Å². The first kappa shape index (κ1) is 91.1. The first-order chi connectivity index (χ1) is 44.9. The first-order valence-electron chi connectivity index (χ1n) is 38.5. The third-order valence-corrected chi connectivity index (χ3v) is 19.1. The van der Waals surface area contributed by atoms with E-state index in [1.54, 1.807) is 0 Å². The van der Waals surface area contributed by atoms with Crippen LogP contribution in [0.5, 0.6) is 0 Å². The van der Waals surface area contributed by atoms with Crippen LogP contribution in [-0.4, -0.2) is 96.7 Å². The van der Waals surface area contributed by atoms with Crippen molar-refractivity contribution in [2.75, 3.05) is 39.6 Å². The zero-order valence-corrected chi connectivity index (χ0v) is 62.3. The number of carbonyl (C=O) groups excluding carboxylic acids is 4. The predicted octanol–water partition coefficient (Wildman–Crippen LogP) is 21.6. The predicted molar refractivity (Wildman–Crippen MR) is 377 cm³/mol. The van der Waals surface area contributed by atoms with Crippen molar-refractivity contribution in [2.24, 2.45) is 11.8 Å². The number of ether oxygens (including phenoxy) is 4. The molecule has 0 aliphatic heterocycles. The van der Waals surface area contributed by atoms with Crippen LogP contribution >= 0.6 is 15.6 Å². The Kier molecular flexibility index (Phi) is 64.6. The fourth-order valence-electron chi connectivity index (χ4n) is 11.3. The Morgan fingerprint density at radius 3 is 0.731 bits per heavy atom. The van der Waals surface area contributed by atoms with Gasteiger partial charge in [0, 0.05) is 25.7 Å². The molecule has 93 heavy (non-hydrogen) atoms. The zero-order chi connectivity index (χ0) is 68.6. The summed E-state index contributed by atoms with van der Waals surface area (Å²) in [7, 11) is -9.91. The Hall–Kier alpha value is -1.94. The minimum Gasteiger partial charge on any atom is -0.462 e. The number of carbonyl (C=O) groups is 4. The number of hydrogen-bond donors (Lipinski definition) is 3. The van der Waals surface area contributed by atoms with Gasteiger partial charge >= 0.3 is 39.5 Å². The van der Waals surface area contributed by atoms with Gasteiger partial charge in [0.15, 0.2) is 12.2 Å². The summed E-state index contributed by atoms with van der Waals surface area (Å²) < 4.78 is 68.4. The van der Waals surface area contributed by atoms with E-state index in [0.29, 0.717) is 25.7 Å². The van der Waals surface area contributed by atoms with Crippen molar-refractivity contribution < 1.29 is 80.2 Å². The number of aliphatic hydroxyl groups excluding tert-OH is 1. The topological polar surface area (TPSA) is 237 Å². The lowest BCUT2D eigenvalue weighted by molar-refractivity contribution is -0.161. The second-order valence-electron chi connectivity index (χ2n) is 27.6. The molecule has 0 aliphatic rings. The molecule has 0 radical (unpaired) electrons. The van der Waals surface area contributed by atoms with Gasteiger partial charge in [-0.1, -0.05) is 330 Å². The highest BCUT2D eigenvalue weighted by atomic mass is 31.2. The summed E-state index contributed by atoms with van der Waals surface area (Å²) in [5, 5.41) is 10.6. The lowest BCUT2D eigenvalue weighted by atomic mass is 10.0. The van der Waals surface area contributed by atoms with E-state index in [1.807, 2.05) is 0 Å². The molecular formula is C74H144O17P2. The molecule has 0 aromatic rings. The quantitative estimate of drug-likeness (QED) is 0.0222. The fraction of sp³-hybridized carbons (Fsp3) is 0.946. The number of phosphoric acid groups is 2. The first-order valence-corrected chi connectivity index (χ1v) is 41.5. The van der Waals surface area contributed by atoms with Crippen LogP contribution in [0.15, 0.2) is 0 Å². The molecule has 552 valence electrons. The van der Waals surface area contributed by atoms with Crippen LogP contribution in [0, 0.1) is 11.8 Å². The highest BCUT2D eigenvalue weighted by Gasteiger charge is 2.30. The minimum absolute atomic E-state index is 0.105. The molecule has 3 N–H and O–H groups in total. The van der Waals surface area contributed by atoms with Crippen LogP contribution in [0.4, 0.5) is 0 Å². The fourth-order valence-corrected chi connectivity index (χ4v) is 12.9. The van der Waals surface area contributed by atoms with Crippen LogP contribution in [0.1, 0.15) is 382 Å². The van der Waals surface area contributed by atoms with E-state index in [1.165, 1.54) is 199 Å². The van der Waals surface area contributed by atoms with Gasteiger partial charge in [-0.15, -0.1) is 0 Å². The summed E-state index contributed by atoms with van der Waals surface area (Å²) in [6.45, 7) is 9.57. The molecule has 0 aromatic carbocycles. The maximum atomic E-state index is 13.1. The summed E-state index contributed by atoms with van der Waals surface area (Å²) in [5.74, 6) is -0.591. The van der Waals surface area contributed by atoms with E-state index < -0.39 is 97.5 Å². The van der Waals surface area contributed by atoms with E-state index in [4.69, 9.17) is 37.0 Å². The Morgan fingerprint density at radius 1 is 0.290 bits per heavy atom. The SMILES string of the molecule is CCCCCCCCCCCCCCC(=O)OC[C@H](COP(=O)(O)OC[C@@H](O)COP(=O)(O)OC[C@@H](COC(=O)CCCCCCCCCCCCC)OC(=O)CCCCCCCCCCC(C)C)OC(=O)CCCCCCCCCCCCCCCCCCC(C)C. The zero-order valence-electron chi connectivity index (χ0n) is 60.6. The standard InChI is InChI=1S/C74H144O17P2/c1-7-9-11-13-15-17-19-28-32-39-45-51-57-72(77)85-62-69(90-73(78)58-52-46-40-33-29-25-23-21-20-22-24-27-30-36-42-48-54-66(3)4)64-88-92(80,81)86-60-68(75)61-87-93(82,83)89-65-70(91-74(79)59-53-47-41-35-34-37-43-49-55-67(5)6)63-84-71(76)56-50-44-38-31-26-18-16-14-12-10-8-2/h66-70,75H,7-65H2,1-6H3,(H,80,81)(H,82,83)/t68-,69-,70-/m1/s1. The van der Waals surface area contributed by atoms with Crippen LogP contribution in [0.2, 0.25) is 0 Å². The van der Waals surface area contributed by atoms with Gasteiger partial charge in [0.25, 0.3) is 0 Å². The monoisotopic (exact) mass is 1370 g/mol. The highest BCUT2D eigenvalue weighted by molar-refractivity contribution is 7.47. The number of aliphatic hydroxyl groups is 1. The highest BCUT2D eigenvalue weighted by Crippen LogP contribution is 2.45. The lowest BCUT2D eigenvalue weighted by Gasteiger charge is -2.21. The number of rotatable bonds is 73. The number of unbranched alkanes of at least 4 members (excludes halogenated alkanes) is 43. The van der Waals surface area contributed by atoms with Gasteiger partial charge in [0.05, 0.1) is 26.4 Å². The average Bonchev–Trinajstić information content (AvgIpc) is 3.57. The second kappa shape index (κ2) is 66.0. The molecule has 0 bridgehead atoms. The summed E-state index contributed by atoms with van der Waals surface area (Å²) >= 11 is 0. The van der Waals surface area contributed by atoms with Gasteiger partial charge in [0.1, 0.15) is 19.3 Å². The van der Waals surface area contributed by atoms with Gasteiger partial charge in [-0.25, -0.2) is 9.13 Å². The van der Waals surface area contributed by atoms with Crippen molar-refractivity contribution in [3.8, 4) is 0 Å². The molecule has 0 aromatic heterocycles. The summed E-state index contributed by atoms with van der Waals surface area (Å²) in [6.07, 6.45) is 52.7. The third-order valence-electron chi connectivity index (χ3n) is 17.2. The molecule has 0 fully saturated rings. The van der Waals surface area contributed by atoms with Crippen LogP contribution in [0.3, 0.4) is 0 Å². The van der Waals surface area contributed by atoms with Gasteiger partial charge in [0.2, 0.25) is 0 Å². The van der Waals surface area contributed by atoms with Gasteiger partial charge < -0.3 is 33.8 Å². The maximum Gasteiger partial charge on any atom is 0.472 e. The van der Waals surface area contributed by atoms with Crippen molar-refractivity contribution in [2.45, 2.75) is 400 Å². The molecule has 0 saturated carbocycles. The summed E-state index contributed by atoms with van der Waals surface area (Å²) in [6, 6.07) is 0. The van der Waals surface area contributed by atoms with E-state index in [-0.39, 0.29) is 25.7 Å². The van der Waals surface area contributed by atoms with E-state index >= 15 is 0 Å². The van der Waals surface area contributed by atoms with Gasteiger partial charge in [-0.2, -0.15) is 0 Å². The van der Waals surface area contributed by atoms with E-state index in [9.17, 15) is 43.2 Å². The molecule has 5 atom stereocenters. The normalized spacial score (nSPS) is 14.1. The molecule has 0 spiro atoms. The number of phosphoric ester groups is 2. The Labute approximate surface area is 568 Å². The average molecular weight is 1370 g/mol. The molecule has 0 amide bonds. The number of hydrogen-bond acceptors (Lipinski definition) is 15. The van der Waals surface area contributed by atoms with E-state index in [2.05, 4.69) is 41.5 Å². The van der Waals surface area contributed by atoms with Crippen LogP contribution in [0.25, 0.3) is 0 Å². The second-order valence-corrected chi connectivity index (χ2v) is 30.5. The summed E-state index contributed by atoms with van der Waals surface area (Å²) in [5.41, 5.74) is 0. The van der Waals surface area contributed by atoms with E-state index in [0.717, 1.165) is 102 Å². The smallest absolute Gasteiger partial charge is 0.462 e. The Balaban J connectivity index is 5.22. The maximum absolute atomic E-state index is 13.1. The molecule has 0 rings (SSSR count). The Morgan fingerprint density at radius 2 is 0.495 bits per heavy atom. The largest absolute Gasteiger partial charge is 0.472 e. The van der Waals surface area contributed by atoms with Crippen molar-refractivity contribution in [1.29, 1.82) is 0 Å². The molecule has 2 unspecified atom stereocenters.